The van der Waals surface area contributed by atoms with Crippen molar-refractivity contribution in [3.05, 3.63) is 83.0 Å². The highest BCUT2D eigenvalue weighted by molar-refractivity contribution is 5.75. The Kier molecular flexibility index (Phi) is 7.06. The molecule has 0 amide bonds. The van der Waals surface area contributed by atoms with E-state index < -0.39 is 0 Å². The molecule has 0 spiro atoms. The third kappa shape index (κ3) is 4.71. The third-order valence-corrected chi connectivity index (χ3v) is 4.38. The molecule has 0 fully saturated rings. The number of hydrogen-bond donors (Lipinski definition) is 0. The first-order chi connectivity index (χ1) is 11.7. The third-order valence-electron chi connectivity index (χ3n) is 4.38. The van der Waals surface area contributed by atoms with Crippen molar-refractivity contribution in [1.82, 2.24) is 0 Å². The minimum absolute atomic E-state index is 1.00. The minimum atomic E-state index is 1.00. The fourth-order valence-electron chi connectivity index (χ4n) is 3.10. The predicted octanol–water partition coefficient (Wildman–Crippen LogP) is 6.99. The fraction of sp³-hybridized carbons (Fsp3) is 0.333. The summed E-state index contributed by atoms with van der Waals surface area (Å²) in [5, 5.41) is 0. The van der Waals surface area contributed by atoms with E-state index in [4.69, 9.17) is 0 Å². The molecule has 0 aliphatic rings. The lowest BCUT2D eigenvalue weighted by molar-refractivity contribution is 1.15. The molecule has 2 aromatic carbocycles. The number of benzene rings is 2. The van der Waals surface area contributed by atoms with Crippen LogP contribution in [0.5, 0.6) is 0 Å². The van der Waals surface area contributed by atoms with Gasteiger partial charge in [0.1, 0.15) is 0 Å². The van der Waals surface area contributed by atoms with Gasteiger partial charge in [-0.3, -0.25) is 0 Å². The zero-order chi connectivity index (χ0) is 17.4. The molecule has 126 valence electrons. The average Bonchev–Trinajstić information content (AvgIpc) is 2.58. The molecule has 2 aromatic rings. The summed E-state index contributed by atoms with van der Waals surface area (Å²) in [7, 11) is 0. The van der Waals surface area contributed by atoms with Gasteiger partial charge >= 0.3 is 0 Å². The lowest BCUT2D eigenvalue weighted by Crippen LogP contribution is -1.97. The normalized spacial score (nSPS) is 11.7. The van der Waals surface area contributed by atoms with Crippen LogP contribution >= 0.6 is 0 Å². The first-order valence-corrected chi connectivity index (χ1v) is 9.15. The van der Waals surface area contributed by atoms with Crippen LogP contribution in [0.4, 0.5) is 0 Å². The van der Waals surface area contributed by atoms with E-state index in [1.54, 1.807) is 0 Å². The molecule has 0 N–H and O–H groups in total. The van der Waals surface area contributed by atoms with E-state index in [1.807, 2.05) is 0 Å². The molecule has 0 aliphatic carbocycles. The number of allylic oxidation sites excluding steroid dienone is 4. The first kappa shape index (κ1) is 18.3. The summed E-state index contributed by atoms with van der Waals surface area (Å²) >= 11 is 0. The number of hydrogen-bond acceptors (Lipinski definition) is 0. The molecule has 0 atom stereocenters. The maximum atomic E-state index is 2.34. The SMILES string of the molecule is CCC=CCc1cccc(CC=CCC)c1-c1cc(C)ccc1C. The van der Waals surface area contributed by atoms with Gasteiger partial charge in [0.05, 0.1) is 0 Å². The summed E-state index contributed by atoms with van der Waals surface area (Å²) in [6, 6.07) is 13.6. The lowest BCUT2D eigenvalue weighted by atomic mass is 9.88. The zero-order valence-electron chi connectivity index (χ0n) is 15.6. The van der Waals surface area contributed by atoms with Crippen molar-refractivity contribution < 1.29 is 0 Å². The van der Waals surface area contributed by atoms with Crippen LogP contribution in [0, 0.1) is 13.8 Å². The Morgan fingerprint density at radius 2 is 1.33 bits per heavy atom. The van der Waals surface area contributed by atoms with Crippen LogP contribution in [0.3, 0.4) is 0 Å². The Morgan fingerprint density at radius 3 is 1.88 bits per heavy atom. The Morgan fingerprint density at radius 1 is 0.750 bits per heavy atom. The maximum Gasteiger partial charge on any atom is -0.00912 e. The molecule has 0 radical (unpaired) electrons. The van der Waals surface area contributed by atoms with E-state index in [0.29, 0.717) is 0 Å². The van der Waals surface area contributed by atoms with Crippen molar-refractivity contribution in [2.75, 3.05) is 0 Å². The van der Waals surface area contributed by atoms with Crippen molar-refractivity contribution in [2.45, 2.75) is 53.4 Å². The highest BCUT2D eigenvalue weighted by atomic mass is 14.2. The van der Waals surface area contributed by atoms with Gasteiger partial charge in [-0.25, -0.2) is 0 Å². The van der Waals surface area contributed by atoms with Gasteiger partial charge in [0.15, 0.2) is 0 Å². The molecule has 0 heteroatoms. The molecule has 0 bridgehead atoms. The molecule has 0 aromatic heterocycles. The lowest BCUT2D eigenvalue weighted by Gasteiger charge is -2.16. The topological polar surface area (TPSA) is 0 Å². The zero-order valence-corrected chi connectivity index (χ0v) is 15.6. The maximum absolute atomic E-state index is 2.34. The number of rotatable bonds is 7. The second kappa shape index (κ2) is 9.27. The largest absolute Gasteiger partial charge is 0.0885 e. The van der Waals surface area contributed by atoms with Crippen LogP contribution in [0.1, 0.15) is 48.9 Å². The molecular weight excluding hydrogens is 288 g/mol. The van der Waals surface area contributed by atoms with Gasteiger partial charge in [0.25, 0.3) is 0 Å². The van der Waals surface area contributed by atoms with Gasteiger partial charge in [-0.2, -0.15) is 0 Å². The van der Waals surface area contributed by atoms with Crippen molar-refractivity contribution in [3.8, 4) is 11.1 Å². The monoisotopic (exact) mass is 318 g/mol. The molecule has 0 heterocycles. The van der Waals surface area contributed by atoms with Crippen LogP contribution in [0.25, 0.3) is 11.1 Å². The highest BCUT2D eigenvalue weighted by Crippen LogP contribution is 2.32. The van der Waals surface area contributed by atoms with Crippen molar-refractivity contribution in [2.24, 2.45) is 0 Å². The molecule has 0 unspecified atom stereocenters. The molecule has 24 heavy (non-hydrogen) atoms. The average molecular weight is 319 g/mol. The van der Waals surface area contributed by atoms with Gasteiger partial charge < -0.3 is 0 Å². The van der Waals surface area contributed by atoms with Crippen LogP contribution < -0.4 is 0 Å². The van der Waals surface area contributed by atoms with E-state index in [2.05, 4.69) is 88.4 Å². The van der Waals surface area contributed by atoms with Crippen LogP contribution in [0.15, 0.2) is 60.7 Å². The Balaban J connectivity index is 2.55. The molecular formula is C24H30. The molecule has 0 nitrogen and oxygen atoms in total. The van der Waals surface area contributed by atoms with Gasteiger partial charge in [-0.15, -0.1) is 0 Å². The highest BCUT2D eigenvalue weighted by Gasteiger charge is 2.12. The quantitative estimate of drug-likeness (QED) is 0.483. The van der Waals surface area contributed by atoms with E-state index in [0.717, 1.165) is 25.7 Å². The summed E-state index contributed by atoms with van der Waals surface area (Å²) in [4.78, 5) is 0. The van der Waals surface area contributed by atoms with Crippen LogP contribution in [-0.2, 0) is 12.8 Å². The van der Waals surface area contributed by atoms with E-state index >= 15 is 0 Å². The summed E-state index contributed by atoms with van der Waals surface area (Å²) in [6.45, 7) is 8.78. The van der Waals surface area contributed by atoms with Crippen LogP contribution in [-0.4, -0.2) is 0 Å². The minimum Gasteiger partial charge on any atom is -0.0885 e. The standard InChI is InChI=1S/C24H30/c1-5-7-9-12-21-14-11-15-22(13-10-8-6-2)24(21)23-18-19(3)16-17-20(23)4/h7-11,14-18H,5-6,12-13H2,1-4H3. The smallest absolute Gasteiger partial charge is 0.00912 e. The van der Waals surface area contributed by atoms with Gasteiger partial charge in [-0.1, -0.05) is 80.1 Å². The second-order valence-corrected chi connectivity index (χ2v) is 6.44. The van der Waals surface area contributed by atoms with E-state index in [-0.39, 0.29) is 0 Å². The van der Waals surface area contributed by atoms with Gasteiger partial charge in [0, 0.05) is 0 Å². The summed E-state index contributed by atoms with van der Waals surface area (Å²) in [5.74, 6) is 0. The molecule has 0 saturated carbocycles. The summed E-state index contributed by atoms with van der Waals surface area (Å²) in [6.07, 6.45) is 13.3. The van der Waals surface area contributed by atoms with Crippen LogP contribution in [0.2, 0.25) is 0 Å². The Labute approximate surface area is 147 Å². The summed E-state index contributed by atoms with van der Waals surface area (Å²) in [5.41, 5.74) is 8.35. The van der Waals surface area contributed by atoms with E-state index in [9.17, 15) is 0 Å². The predicted molar refractivity (Wildman–Crippen MR) is 108 cm³/mol. The Hall–Kier alpha value is -2.08. The van der Waals surface area contributed by atoms with Crippen molar-refractivity contribution in [3.63, 3.8) is 0 Å². The first-order valence-electron chi connectivity index (χ1n) is 9.15. The molecule has 0 saturated heterocycles. The fourth-order valence-corrected chi connectivity index (χ4v) is 3.10. The molecule has 0 aliphatic heterocycles. The molecule has 2 rings (SSSR count). The van der Waals surface area contributed by atoms with Crippen molar-refractivity contribution >= 4 is 0 Å². The van der Waals surface area contributed by atoms with Gasteiger partial charge in [0.2, 0.25) is 0 Å². The Bertz CT molecular complexity index is 683. The number of aryl methyl sites for hydroxylation is 2. The summed E-state index contributed by atoms with van der Waals surface area (Å²) < 4.78 is 0. The van der Waals surface area contributed by atoms with Crippen molar-refractivity contribution in [1.29, 1.82) is 0 Å². The van der Waals surface area contributed by atoms with E-state index in [1.165, 1.54) is 33.4 Å². The van der Waals surface area contributed by atoms with Gasteiger partial charge in [-0.05, 0) is 67.3 Å². The second-order valence-electron chi connectivity index (χ2n) is 6.44.